The van der Waals surface area contributed by atoms with Crippen LogP contribution in [0.25, 0.3) is 0 Å². The summed E-state index contributed by atoms with van der Waals surface area (Å²) in [4.78, 5) is 37.8. The zero-order valence-corrected chi connectivity index (χ0v) is 15.3. The lowest BCUT2D eigenvalue weighted by molar-refractivity contribution is 0.0695. The van der Waals surface area contributed by atoms with Crippen molar-refractivity contribution in [3.05, 3.63) is 83.4 Å². The van der Waals surface area contributed by atoms with Crippen LogP contribution in [0.15, 0.2) is 66.7 Å². The van der Waals surface area contributed by atoms with Crippen LogP contribution in [0.3, 0.4) is 0 Å². The number of benzene rings is 3. The number of nitrogens with zero attached hydrogens (tertiary/aromatic N) is 1. The van der Waals surface area contributed by atoms with Crippen molar-refractivity contribution in [2.75, 3.05) is 12.0 Å². The van der Waals surface area contributed by atoms with E-state index in [0.717, 1.165) is 4.90 Å². The molecule has 0 aliphatic carbocycles. The van der Waals surface area contributed by atoms with Crippen LogP contribution in [-0.2, 0) is 0 Å². The number of rotatable bonds is 5. The smallest absolute Gasteiger partial charge is 0.335 e. The van der Waals surface area contributed by atoms with Crippen molar-refractivity contribution in [3.8, 4) is 17.2 Å². The van der Waals surface area contributed by atoms with Crippen molar-refractivity contribution < 1.29 is 29.0 Å². The zero-order chi connectivity index (χ0) is 20.5. The van der Waals surface area contributed by atoms with E-state index in [4.69, 9.17) is 14.6 Å². The molecule has 1 aliphatic heterocycles. The van der Waals surface area contributed by atoms with Crippen LogP contribution >= 0.6 is 0 Å². The number of aromatic carboxylic acids is 1. The fourth-order valence-electron chi connectivity index (χ4n) is 3.13. The first-order chi connectivity index (χ1) is 14.0. The average Bonchev–Trinajstić information content (AvgIpc) is 2.98. The number of ether oxygens (including phenoxy) is 2. The number of carbonyl (C=O) groups is 3. The van der Waals surface area contributed by atoms with E-state index in [-0.39, 0.29) is 22.4 Å². The average molecular weight is 389 g/mol. The van der Waals surface area contributed by atoms with Crippen LogP contribution in [-0.4, -0.2) is 30.0 Å². The molecule has 0 atom stereocenters. The Labute approximate surface area is 165 Å². The molecule has 1 N–H and O–H groups in total. The first-order valence-electron chi connectivity index (χ1n) is 8.66. The van der Waals surface area contributed by atoms with Gasteiger partial charge in [0.05, 0.1) is 29.5 Å². The summed E-state index contributed by atoms with van der Waals surface area (Å²) in [6.07, 6.45) is 0. The van der Waals surface area contributed by atoms with Crippen molar-refractivity contribution in [1.82, 2.24) is 0 Å². The summed E-state index contributed by atoms with van der Waals surface area (Å²) in [5.41, 5.74) is 0.591. The Morgan fingerprint density at radius 3 is 2.31 bits per heavy atom. The lowest BCUT2D eigenvalue weighted by Crippen LogP contribution is -2.29. The minimum absolute atomic E-state index is 0.0146. The number of methoxy groups -OCH3 is 1. The predicted octanol–water partition coefficient (Wildman–Crippen LogP) is 3.99. The summed E-state index contributed by atoms with van der Waals surface area (Å²) in [5, 5.41) is 9.16. The summed E-state index contributed by atoms with van der Waals surface area (Å²) in [6, 6.07) is 17.3. The molecule has 3 aromatic rings. The van der Waals surface area contributed by atoms with Gasteiger partial charge in [0, 0.05) is 0 Å². The first kappa shape index (κ1) is 18.2. The highest BCUT2D eigenvalue weighted by atomic mass is 16.5. The summed E-state index contributed by atoms with van der Waals surface area (Å²) in [6.45, 7) is 0. The van der Waals surface area contributed by atoms with Crippen LogP contribution in [0.1, 0.15) is 31.1 Å². The second kappa shape index (κ2) is 7.12. The van der Waals surface area contributed by atoms with Gasteiger partial charge in [0.25, 0.3) is 11.8 Å². The molecule has 7 heteroatoms. The highest BCUT2D eigenvalue weighted by molar-refractivity contribution is 6.34. The predicted molar refractivity (Wildman–Crippen MR) is 104 cm³/mol. The summed E-state index contributed by atoms with van der Waals surface area (Å²) < 4.78 is 11.1. The molecule has 0 fully saturated rings. The highest BCUT2D eigenvalue weighted by Crippen LogP contribution is 2.35. The second-order valence-corrected chi connectivity index (χ2v) is 6.26. The largest absolute Gasteiger partial charge is 0.493 e. The van der Waals surface area contributed by atoms with E-state index in [2.05, 4.69) is 0 Å². The number of imide groups is 1. The van der Waals surface area contributed by atoms with Gasteiger partial charge < -0.3 is 14.6 Å². The molecule has 0 bridgehead atoms. The van der Waals surface area contributed by atoms with Crippen LogP contribution in [0.2, 0.25) is 0 Å². The van der Waals surface area contributed by atoms with Crippen LogP contribution in [0, 0.1) is 0 Å². The van der Waals surface area contributed by atoms with Gasteiger partial charge in [-0.05, 0) is 48.5 Å². The zero-order valence-electron chi connectivity index (χ0n) is 15.3. The number of carboxylic acid groups (broad SMARTS) is 1. The SMILES string of the molecule is COc1ccccc1Oc1ccc2c(c1)C(=O)N(c1cccc(C(=O)O)c1)C2=O. The Hall–Kier alpha value is -4.13. The maximum Gasteiger partial charge on any atom is 0.335 e. The van der Waals surface area contributed by atoms with E-state index in [1.807, 2.05) is 0 Å². The molecule has 0 saturated heterocycles. The normalized spacial score (nSPS) is 12.7. The van der Waals surface area contributed by atoms with Crippen molar-refractivity contribution in [3.63, 3.8) is 0 Å². The standard InChI is InChI=1S/C22H15NO6/c1-28-18-7-2-3-8-19(18)29-15-9-10-16-17(12-15)21(25)23(20(16)24)14-6-4-5-13(11-14)22(26)27/h2-12H,1H3,(H,26,27). The molecule has 144 valence electrons. The van der Waals surface area contributed by atoms with Gasteiger partial charge in [-0.25, -0.2) is 9.69 Å². The number of amides is 2. The number of carbonyl (C=O) groups excluding carboxylic acids is 2. The molecule has 0 spiro atoms. The Balaban J connectivity index is 1.68. The number of para-hydroxylation sites is 2. The van der Waals surface area contributed by atoms with Gasteiger partial charge >= 0.3 is 5.97 Å². The minimum atomic E-state index is -1.14. The molecule has 0 saturated carbocycles. The van der Waals surface area contributed by atoms with Gasteiger partial charge in [0.1, 0.15) is 5.75 Å². The molecule has 0 radical (unpaired) electrons. The number of carboxylic acids is 1. The summed E-state index contributed by atoms with van der Waals surface area (Å²) in [5.74, 6) is -0.832. The Bertz CT molecular complexity index is 1150. The molecule has 7 nitrogen and oxygen atoms in total. The second-order valence-electron chi connectivity index (χ2n) is 6.26. The number of hydrogen-bond acceptors (Lipinski definition) is 5. The Morgan fingerprint density at radius 1 is 0.862 bits per heavy atom. The molecule has 0 unspecified atom stereocenters. The topological polar surface area (TPSA) is 93.1 Å². The van der Waals surface area contributed by atoms with E-state index < -0.39 is 17.8 Å². The first-order valence-corrected chi connectivity index (χ1v) is 8.66. The van der Waals surface area contributed by atoms with Gasteiger partial charge in [-0.3, -0.25) is 9.59 Å². The third kappa shape index (κ3) is 3.19. The van der Waals surface area contributed by atoms with E-state index in [9.17, 15) is 14.4 Å². The minimum Gasteiger partial charge on any atom is -0.493 e. The van der Waals surface area contributed by atoms with E-state index in [0.29, 0.717) is 17.2 Å². The fraction of sp³-hybridized carbons (Fsp3) is 0.0455. The van der Waals surface area contributed by atoms with Crippen molar-refractivity contribution in [2.45, 2.75) is 0 Å². The summed E-state index contributed by atoms with van der Waals surface area (Å²) >= 11 is 0. The Kier molecular flexibility index (Phi) is 4.48. The molecule has 2 amide bonds. The van der Waals surface area contributed by atoms with Gasteiger partial charge in [0.2, 0.25) is 0 Å². The number of fused-ring (bicyclic) bond motifs is 1. The van der Waals surface area contributed by atoms with Crippen LogP contribution < -0.4 is 14.4 Å². The lowest BCUT2D eigenvalue weighted by atomic mass is 10.1. The molecule has 0 aromatic heterocycles. The van der Waals surface area contributed by atoms with E-state index in [1.165, 1.54) is 43.5 Å². The molecule has 1 aliphatic rings. The third-order valence-corrected chi connectivity index (χ3v) is 4.51. The lowest BCUT2D eigenvalue weighted by Gasteiger charge is -2.14. The van der Waals surface area contributed by atoms with Gasteiger partial charge in [0.15, 0.2) is 11.5 Å². The van der Waals surface area contributed by atoms with E-state index in [1.54, 1.807) is 30.3 Å². The van der Waals surface area contributed by atoms with Gasteiger partial charge in [-0.2, -0.15) is 0 Å². The summed E-state index contributed by atoms with van der Waals surface area (Å²) in [7, 11) is 1.52. The molecule has 29 heavy (non-hydrogen) atoms. The van der Waals surface area contributed by atoms with Crippen molar-refractivity contribution >= 4 is 23.5 Å². The maximum atomic E-state index is 12.9. The monoisotopic (exact) mass is 389 g/mol. The molecular formula is C22H15NO6. The molecule has 1 heterocycles. The molecular weight excluding hydrogens is 374 g/mol. The number of anilines is 1. The highest BCUT2D eigenvalue weighted by Gasteiger charge is 2.37. The van der Waals surface area contributed by atoms with Crippen LogP contribution in [0.4, 0.5) is 5.69 Å². The Morgan fingerprint density at radius 2 is 1.59 bits per heavy atom. The van der Waals surface area contributed by atoms with Crippen molar-refractivity contribution in [2.24, 2.45) is 0 Å². The van der Waals surface area contributed by atoms with Gasteiger partial charge in [-0.15, -0.1) is 0 Å². The van der Waals surface area contributed by atoms with Gasteiger partial charge in [-0.1, -0.05) is 18.2 Å². The van der Waals surface area contributed by atoms with E-state index >= 15 is 0 Å². The maximum absolute atomic E-state index is 12.9. The molecule has 4 rings (SSSR count). The third-order valence-electron chi connectivity index (χ3n) is 4.51. The van der Waals surface area contributed by atoms with Crippen molar-refractivity contribution in [1.29, 1.82) is 0 Å². The quantitative estimate of drug-likeness (QED) is 0.664. The fourth-order valence-corrected chi connectivity index (χ4v) is 3.13. The number of hydrogen-bond donors (Lipinski definition) is 1. The molecule has 3 aromatic carbocycles. The van der Waals surface area contributed by atoms with Crippen LogP contribution in [0.5, 0.6) is 17.2 Å².